The number of amides is 1. The van der Waals surface area contributed by atoms with E-state index >= 15 is 4.39 Å². The molecule has 0 unspecified atom stereocenters. The van der Waals surface area contributed by atoms with E-state index in [0.717, 1.165) is 51.0 Å². The summed E-state index contributed by atoms with van der Waals surface area (Å²) in [5.74, 6) is -1.37. The van der Waals surface area contributed by atoms with E-state index in [-0.39, 0.29) is 25.3 Å². The van der Waals surface area contributed by atoms with Crippen LogP contribution in [-0.4, -0.2) is 104 Å². The van der Waals surface area contributed by atoms with Crippen molar-refractivity contribution in [2.24, 2.45) is 5.73 Å². The van der Waals surface area contributed by atoms with Crippen molar-refractivity contribution in [2.75, 3.05) is 71.0 Å². The Labute approximate surface area is 282 Å². The minimum atomic E-state index is -1.77. The van der Waals surface area contributed by atoms with Gasteiger partial charge in [-0.25, -0.2) is 8.78 Å². The number of anilines is 1. The van der Waals surface area contributed by atoms with Crippen LogP contribution < -0.4 is 15.4 Å². The lowest BCUT2D eigenvalue weighted by Gasteiger charge is -2.49. The normalized spacial score (nSPS) is 17.3. The summed E-state index contributed by atoms with van der Waals surface area (Å²) in [7, 11) is 2.13. The largest absolute Gasteiger partial charge is 0.489 e. The predicted octanol–water partition coefficient (Wildman–Crippen LogP) is 3.98. The highest BCUT2D eigenvalue weighted by molar-refractivity contribution is 5.87. The van der Waals surface area contributed by atoms with E-state index in [2.05, 4.69) is 26.7 Å². The smallest absolute Gasteiger partial charge is 0.247 e. The summed E-state index contributed by atoms with van der Waals surface area (Å²) in [5.41, 5.74) is 7.00. The summed E-state index contributed by atoms with van der Waals surface area (Å²) in [5, 5.41) is 0. The molecule has 2 saturated heterocycles. The lowest BCUT2D eigenvalue weighted by atomic mass is 9.90. The lowest BCUT2D eigenvalue weighted by Crippen LogP contribution is -2.63. The molecule has 0 saturated carbocycles. The molecule has 3 heterocycles. The van der Waals surface area contributed by atoms with E-state index in [1.165, 1.54) is 30.0 Å². The Bertz CT molecular complexity index is 1490. The Kier molecular flexibility index (Phi) is 12.0. The second-order valence-electron chi connectivity index (χ2n) is 12.7. The van der Waals surface area contributed by atoms with E-state index in [4.69, 9.17) is 19.9 Å². The molecular weight excluding hydrogens is 618 g/mol. The molecule has 48 heavy (non-hydrogen) atoms. The molecule has 12 heteroatoms. The highest BCUT2D eigenvalue weighted by Crippen LogP contribution is 2.31. The van der Waals surface area contributed by atoms with E-state index in [0.29, 0.717) is 36.4 Å². The first-order chi connectivity index (χ1) is 23.1. The fraction of sp³-hybridized carbons (Fsp3) is 0.500. The maximum atomic E-state index is 15.7. The van der Waals surface area contributed by atoms with Crippen molar-refractivity contribution >= 4 is 11.6 Å². The number of rotatable bonds is 15. The van der Waals surface area contributed by atoms with Crippen molar-refractivity contribution in [3.8, 4) is 5.75 Å². The molecule has 3 aromatic rings. The number of aromatic nitrogens is 1. The average molecular weight is 667 g/mol. The number of ether oxygens (including phenoxy) is 3. The molecule has 0 radical (unpaired) electrons. The number of halogens is 2. The minimum absolute atomic E-state index is 0.00650. The van der Waals surface area contributed by atoms with Crippen LogP contribution in [-0.2, 0) is 33.0 Å². The molecule has 10 nitrogen and oxygen atoms in total. The third-order valence-electron chi connectivity index (χ3n) is 9.07. The monoisotopic (exact) mass is 666 g/mol. The topological polar surface area (TPSA) is 96.6 Å². The molecule has 0 spiro atoms. The van der Waals surface area contributed by atoms with Crippen molar-refractivity contribution in [3.05, 3.63) is 89.2 Å². The van der Waals surface area contributed by atoms with Gasteiger partial charge in [-0.2, -0.15) is 0 Å². The van der Waals surface area contributed by atoms with Crippen molar-refractivity contribution in [1.82, 2.24) is 19.7 Å². The Morgan fingerprint density at radius 1 is 1.04 bits per heavy atom. The number of piperazine rings is 1. The van der Waals surface area contributed by atoms with E-state index in [1.807, 2.05) is 44.2 Å². The summed E-state index contributed by atoms with van der Waals surface area (Å²) in [4.78, 5) is 27.1. The zero-order valence-corrected chi connectivity index (χ0v) is 28.4. The lowest BCUT2D eigenvalue weighted by molar-refractivity contribution is -0.163. The number of benzene rings is 2. The average Bonchev–Trinajstić information content (AvgIpc) is 3.05. The van der Waals surface area contributed by atoms with Crippen LogP contribution in [0.5, 0.6) is 5.75 Å². The Hall–Kier alpha value is -3.68. The predicted molar refractivity (Wildman–Crippen MR) is 180 cm³/mol. The van der Waals surface area contributed by atoms with Gasteiger partial charge in [0.2, 0.25) is 5.91 Å². The molecule has 1 amide bonds. The highest BCUT2D eigenvalue weighted by Gasteiger charge is 2.39. The molecule has 260 valence electrons. The number of pyridine rings is 1. The molecule has 2 N–H and O–H groups in total. The third kappa shape index (κ3) is 8.66. The molecule has 2 aliphatic rings. The van der Waals surface area contributed by atoms with Gasteiger partial charge in [-0.05, 0) is 39.4 Å². The van der Waals surface area contributed by atoms with Crippen LogP contribution in [0.3, 0.4) is 0 Å². The van der Waals surface area contributed by atoms with E-state index in [1.54, 1.807) is 6.07 Å². The molecule has 1 atom stereocenters. The van der Waals surface area contributed by atoms with E-state index < -0.39 is 29.4 Å². The SMILES string of the molecule is CCOC(CN(Cc1ncc(F)cc1N1CC(N2CCN(C)CC2)C1)C(=O)[C@@](C)(N)c1ccc(OCc2ccccc2)cc1F)OCC. The van der Waals surface area contributed by atoms with Gasteiger partial charge in [0.25, 0.3) is 0 Å². The Morgan fingerprint density at radius 3 is 2.38 bits per heavy atom. The number of likely N-dealkylation sites (N-methyl/N-ethyl adjacent to an activating group) is 1. The molecule has 2 aromatic carbocycles. The Morgan fingerprint density at radius 2 is 1.73 bits per heavy atom. The molecule has 0 bridgehead atoms. The minimum Gasteiger partial charge on any atom is -0.489 e. The summed E-state index contributed by atoms with van der Waals surface area (Å²) in [6.07, 6.45) is 0.393. The number of carbonyl (C=O) groups is 1. The first-order valence-electron chi connectivity index (χ1n) is 16.7. The number of nitrogens with zero attached hydrogens (tertiary/aromatic N) is 5. The number of nitrogens with two attached hydrogens (primary N) is 1. The molecule has 0 aliphatic carbocycles. The number of carbonyl (C=O) groups excluding carboxylic acids is 1. The van der Waals surface area contributed by atoms with Crippen LogP contribution in [0.4, 0.5) is 14.5 Å². The van der Waals surface area contributed by atoms with Gasteiger partial charge in [0.05, 0.1) is 30.7 Å². The van der Waals surface area contributed by atoms with Gasteiger partial charge in [0.1, 0.15) is 29.5 Å². The first-order valence-corrected chi connectivity index (χ1v) is 16.7. The van der Waals surface area contributed by atoms with Crippen LogP contribution in [0.1, 0.15) is 37.6 Å². The molecule has 2 fully saturated rings. The van der Waals surface area contributed by atoms with Gasteiger partial charge < -0.3 is 34.6 Å². The fourth-order valence-corrected chi connectivity index (χ4v) is 6.22. The van der Waals surface area contributed by atoms with Gasteiger partial charge in [0, 0.05) is 76.2 Å². The van der Waals surface area contributed by atoms with Crippen LogP contribution >= 0.6 is 0 Å². The van der Waals surface area contributed by atoms with Crippen molar-refractivity contribution in [3.63, 3.8) is 0 Å². The van der Waals surface area contributed by atoms with Crippen LogP contribution in [0.2, 0.25) is 0 Å². The molecule has 1 aromatic heterocycles. The summed E-state index contributed by atoms with van der Waals surface area (Å²) < 4.78 is 47.6. The van der Waals surface area contributed by atoms with Crippen molar-refractivity contribution < 1.29 is 27.8 Å². The summed E-state index contributed by atoms with van der Waals surface area (Å²) in [6.45, 7) is 11.6. The quantitative estimate of drug-likeness (QED) is 0.242. The Balaban J connectivity index is 1.36. The van der Waals surface area contributed by atoms with Crippen LogP contribution in [0.25, 0.3) is 0 Å². The summed E-state index contributed by atoms with van der Waals surface area (Å²) >= 11 is 0. The maximum Gasteiger partial charge on any atom is 0.247 e. The van der Waals surface area contributed by atoms with Crippen molar-refractivity contribution in [2.45, 2.75) is 51.8 Å². The summed E-state index contributed by atoms with van der Waals surface area (Å²) in [6, 6.07) is 15.7. The van der Waals surface area contributed by atoms with Gasteiger partial charge in [-0.15, -0.1) is 0 Å². The standard InChI is InChI=1S/C36H48F2N6O4/c1-5-46-34(47-6-2)24-44(23-32-33(18-27(37)20-40-32)43-21-28(22-43)42-16-14-41(4)15-17-42)35(45)36(3,39)30-13-12-29(19-31(30)38)48-25-26-10-8-7-9-11-26/h7-13,18-20,28,34H,5-6,14-17,21-25,39H2,1-4H3/t36-/m0/s1. The first kappa shape index (κ1) is 35.6. The number of hydrogen-bond donors (Lipinski definition) is 1. The van der Waals surface area contributed by atoms with Gasteiger partial charge in [-0.1, -0.05) is 36.4 Å². The fourth-order valence-electron chi connectivity index (χ4n) is 6.22. The van der Waals surface area contributed by atoms with Crippen LogP contribution in [0, 0.1) is 11.6 Å². The van der Waals surface area contributed by atoms with E-state index in [9.17, 15) is 9.18 Å². The second-order valence-corrected chi connectivity index (χ2v) is 12.7. The zero-order valence-electron chi connectivity index (χ0n) is 28.4. The third-order valence-corrected chi connectivity index (χ3v) is 9.07. The van der Waals surface area contributed by atoms with Crippen LogP contribution in [0.15, 0.2) is 60.8 Å². The molecule has 2 aliphatic heterocycles. The second kappa shape index (κ2) is 16.1. The maximum absolute atomic E-state index is 15.7. The van der Waals surface area contributed by atoms with Gasteiger partial charge in [0.15, 0.2) is 6.29 Å². The van der Waals surface area contributed by atoms with Gasteiger partial charge >= 0.3 is 0 Å². The molecule has 5 rings (SSSR count). The van der Waals surface area contributed by atoms with Gasteiger partial charge in [-0.3, -0.25) is 14.7 Å². The number of hydrogen-bond acceptors (Lipinski definition) is 9. The van der Waals surface area contributed by atoms with Crippen molar-refractivity contribution in [1.29, 1.82) is 0 Å². The zero-order chi connectivity index (χ0) is 34.3. The molecular formula is C36H48F2N6O4. The highest BCUT2D eigenvalue weighted by atomic mass is 19.1.